The van der Waals surface area contributed by atoms with Crippen LogP contribution in [-0.4, -0.2) is 11.6 Å². The van der Waals surface area contributed by atoms with Crippen LogP contribution in [0.25, 0.3) is 0 Å². The summed E-state index contributed by atoms with van der Waals surface area (Å²) in [4.78, 5) is 27.5. The number of carbonyl (C=O) groups excluding carboxylic acids is 2. The Morgan fingerprint density at radius 2 is 0.971 bits per heavy atom. The summed E-state index contributed by atoms with van der Waals surface area (Å²) in [6.07, 6.45) is 7.39. The van der Waals surface area contributed by atoms with Gasteiger partial charge in [0.2, 0.25) is 0 Å². The van der Waals surface area contributed by atoms with E-state index in [1.165, 1.54) is 11.1 Å². The van der Waals surface area contributed by atoms with Crippen molar-refractivity contribution >= 4 is 34.3 Å². The van der Waals surface area contributed by atoms with Crippen molar-refractivity contribution in [1.29, 1.82) is 0 Å². The number of rotatable bonds is 4. The van der Waals surface area contributed by atoms with E-state index < -0.39 is 11.8 Å². The molecule has 0 aromatic heterocycles. The van der Waals surface area contributed by atoms with Crippen LogP contribution in [0.5, 0.6) is 0 Å². The van der Waals surface area contributed by atoms with Gasteiger partial charge in [0.1, 0.15) is 0 Å². The number of fused-ring (bicyclic) bond motifs is 2. The van der Waals surface area contributed by atoms with Gasteiger partial charge in [0.25, 0.3) is 0 Å². The highest BCUT2D eigenvalue weighted by Gasteiger charge is 2.42. The van der Waals surface area contributed by atoms with Crippen LogP contribution in [0.1, 0.15) is 43.0 Å². The molecule has 4 heteroatoms. The minimum Gasteiger partial charge on any atom is -0.355 e. The second-order valence-corrected chi connectivity index (χ2v) is 9.31. The van der Waals surface area contributed by atoms with Crippen LogP contribution in [-0.2, 0) is 0 Å². The molecule has 0 spiro atoms. The van der Waals surface area contributed by atoms with Crippen LogP contribution in [0.15, 0.2) is 72.8 Å². The van der Waals surface area contributed by atoms with Crippen molar-refractivity contribution in [2.75, 3.05) is 10.6 Å². The van der Waals surface area contributed by atoms with Crippen LogP contribution < -0.4 is 10.6 Å². The number of carbonyl (C=O) groups is 2. The highest BCUT2D eigenvalue weighted by Crippen LogP contribution is 2.42. The molecule has 2 aliphatic carbocycles. The predicted molar refractivity (Wildman–Crippen MR) is 139 cm³/mol. The van der Waals surface area contributed by atoms with E-state index in [0.717, 1.165) is 22.5 Å². The van der Waals surface area contributed by atoms with Gasteiger partial charge in [0, 0.05) is 11.4 Å². The van der Waals surface area contributed by atoms with E-state index in [1.54, 1.807) is 0 Å². The van der Waals surface area contributed by atoms with E-state index in [-0.39, 0.29) is 11.6 Å². The number of hydrogen-bond donors (Lipinski definition) is 2. The number of benzene rings is 3. The van der Waals surface area contributed by atoms with Crippen LogP contribution in [0.4, 0.5) is 22.7 Å². The van der Waals surface area contributed by atoms with Crippen molar-refractivity contribution in [1.82, 2.24) is 0 Å². The van der Waals surface area contributed by atoms with E-state index in [4.69, 9.17) is 0 Å². The van der Waals surface area contributed by atoms with Crippen LogP contribution >= 0.6 is 0 Å². The van der Waals surface area contributed by atoms with Crippen molar-refractivity contribution in [3.05, 3.63) is 106 Å². The fourth-order valence-corrected chi connectivity index (χ4v) is 4.71. The first-order valence-electron chi connectivity index (χ1n) is 11.6. The standard InChI is InChI=1S/C30H28N2O2/c1-17-9-11-21(15-19(17)3)31-25-13-14-26(32-22-12-10-18(2)20(4)16-22)28-27(25)29(33)23-7-5-6-8-24(23)30(28)34/h5-16,23-24,31-32H,1-4H3/t23-,24+. The first-order valence-corrected chi connectivity index (χ1v) is 11.6. The number of hydrogen-bond acceptors (Lipinski definition) is 4. The summed E-state index contributed by atoms with van der Waals surface area (Å²) < 4.78 is 0. The Bertz CT molecular complexity index is 1290. The highest BCUT2D eigenvalue weighted by atomic mass is 16.1. The average Bonchev–Trinajstić information content (AvgIpc) is 2.83. The molecule has 2 atom stereocenters. The van der Waals surface area contributed by atoms with Gasteiger partial charge in [-0.15, -0.1) is 0 Å². The zero-order chi connectivity index (χ0) is 24.0. The normalized spacial score (nSPS) is 18.5. The number of aryl methyl sites for hydroxylation is 4. The topological polar surface area (TPSA) is 58.2 Å². The lowest BCUT2D eigenvalue weighted by atomic mass is 9.71. The quantitative estimate of drug-likeness (QED) is 0.445. The maximum atomic E-state index is 13.7. The maximum absolute atomic E-state index is 13.7. The van der Waals surface area contributed by atoms with Gasteiger partial charge < -0.3 is 10.6 Å². The van der Waals surface area contributed by atoms with Gasteiger partial charge in [-0.25, -0.2) is 0 Å². The lowest BCUT2D eigenvalue weighted by molar-refractivity contribution is 0.0803. The van der Waals surface area contributed by atoms with Gasteiger partial charge in [-0.2, -0.15) is 0 Å². The average molecular weight is 449 g/mol. The molecule has 0 saturated heterocycles. The van der Waals surface area contributed by atoms with Gasteiger partial charge in [0.15, 0.2) is 11.6 Å². The van der Waals surface area contributed by atoms with Gasteiger partial charge in [-0.3, -0.25) is 9.59 Å². The Labute approximate surface area is 200 Å². The van der Waals surface area contributed by atoms with Crippen molar-refractivity contribution in [2.45, 2.75) is 27.7 Å². The molecule has 5 rings (SSSR count). The number of Topliss-reactive ketones (excluding diaryl/α,β-unsaturated/α-hetero) is 2. The Morgan fingerprint density at radius 1 is 0.559 bits per heavy atom. The fraction of sp³-hybridized carbons (Fsp3) is 0.200. The summed E-state index contributed by atoms with van der Waals surface area (Å²) in [7, 11) is 0. The van der Waals surface area contributed by atoms with E-state index >= 15 is 0 Å². The van der Waals surface area contributed by atoms with E-state index in [1.807, 2.05) is 48.6 Å². The van der Waals surface area contributed by atoms with Gasteiger partial charge in [-0.05, 0) is 86.3 Å². The molecule has 0 bridgehead atoms. The monoisotopic (exact) mass is 448 g/mol. The number of allylic oxidation sites excluding steroid dienone is 4. The Kier molecular flexibility index (Phi) is 5.45. The molecule has 0 aliphatic heterocycles. The third-order valence-corrected chi connectivity index (χ3v) is 7.01. The molecule has 0 amide bonds. The maximum Gasteiger partial charge on any atom is 0.173 e. The molecule has 170 valence electrons. The third-order valence-electron chi connectivity index (χ3n) is 7.01. The second kappa shape index (κ2) is 8.45. The number of anilines is 4. The van der Waals surface area contributed by atoms with Crippen LogP contribution in [0, 0.1) is 39.5 Å². The molecule has 4 nitrogen and oxygen atoms in total. The number of ketones is 2. The van der Waals surface area contributed by atoms with Gasteiger partial charge in [0.05, 0.1) is 34.3 Å². The van der Waals surface area contributed by atoms with Crippen molar-refractivity contribution in [3.63, 3.8) is 0 Å². The molecule has 3 aromatic carbocycles. The summed E-state index contributed by atoms with van der Waals surface area (Å²) in [5.41, 5.74) is 8.74. The summed E-state index contributed by atoms with van der Waals surface area (Å²) in [5, 5.41) is 6.82. The molecular weight excluding hydrogens is 420 g/mol. The smallest absolute Gasteiger partial charge is 0.173 e. The second-order valence-electron chi connectivity index (χ2n) is 9.31. The first kappa shape index (κ1) is 21.9. The van der Waals surface area contributed by atoms with Crippen molar-refractivity contribution < 1.29 is 9.59 Å². The Hall–Kier alpha value is -3.92. The zero-order valence-corrected chi connectivity index (χ0v) is 19.9. The highest BCUT2D eigenvalue weighted by molar-refractivity contribution is 6.22. The Balaban J connectivity index is 1.64. The molecule has 2 aliphatic rings. The summed E-state index contributed by atoms with van der Waals surface area (Å²) in [5.74, 6) is -1.00. The summed E-state index contributed by atoms with van der Waals surface area (Å²) in [6.45, 7) is 8.26. The van der Waals surface area contributed by atoms with Crippen LogP contribution in [0.2, 0.25) is 0 Å². The lowest BCUT2D eigenvalue weighted by Crippen LogP contribution is -2.36. The summed E-state index contributed by atoms with van der Waals surface area (Å²) >= 11 is 0. The van der Waals surface area contributed by atoms with E-state index in [0.29, 0.717) is 22.5 Å². The summed E-state index contributed by atoms with van der Waals surface area (Å²) in [6, 6.07) is 16.0. The minimum atomic E-state index is -0.470. The SMILES string of the molecule is Cc1ccc(Nc2ccc(Nc3ccc(C)c(C)c3)c3c2C(=O)[C@H]2C=CC=C[C@H]2C3=O)cc1C. The Morgan fingerprint density at radius 3 is 1.35 bits per heavy atom. The first-order chi connectivity index (χ1) is 16.3. The van der Waals surface area contributed by atoms with Crippen LogP contribution in [0.3, 0.4) is 0 Å². The van der Waals surface area contributed by atoms with Crippen molar-refractivity contribution in [2.24, 2.45) is 11.8 Å². The molecule has 34 heavy (non-hydrogen) atoms. The number of nitrogens with one attached hydrogen (secondary N) is 2. The van der Waals surface area contributed by atoms with Crippen molar-refractivity contribution in [3.8, 4) is 0 Å². The zero-order valence-electron chi connectivity index (χ0n) is 19.9. The largest absolute Gasteiger partial charge is 0.355 e. The van der Waals surface area contributed by atoms with Gasteiger partial charge >= 0.3 is 0 Å². The molecule has 0 unspecified atom stereocenters. The molecule has 0 heterocycles. The van der Waals surface area contributed by atoms with E-state index in [2.05, 4.69) is 62.6 Å². The lowest BCUT2D eigenvalue weighted by Gasteiger charge is -2.31. The molecule has 0 radical (unpaired) electrons. The molecule has 3 aromatic rings. The molecular formula is C30H28N2O2. The minimum absolute atomic E-state index is 0.0322. The van der Waals surface area contributed by atoms with E-state index in [9.17, 15) is 9.59 Å². The third kappa shape index (κ3) is 3.75. The van der Waals surface area contributed by atoms with Gasteiger partial charge in [-0.1, -0.05) is 36.4 Å². The fourth-order valence-electron chi connectivity index (χ4n) is 4.71. The molecule has 0 fully saturated rings. The molecule has 0 saturated carbocycles. The predicted octanol–water partition coefficient (Wildman–Crippen LogP) is 7.14. The molecule has 2 N–H and O–H groups in total.